The molecule has 0 bridgehead atoms. The number of halogens is 1. The first-order valence-electron chi connectivity index (χ1n) is 9.28. The van der Waals surface area contributed by atoms with Gasteiger partial charge in [0.1, 0.15) is 5.82 Å². The Labute approximate surface area is 169 Å². The van der Waals surface area contributed by atoms with Crippen molar-refractivity contribution in [1.82, 2.24) is 9.55 Å². The van der Waals surface area contributed by atoms with E-state index in [2.05, 4.69) is 4.98 Å². The number of nitrogens with two attached hydrogens (primary N) is 1. The fourth-order valence-corrected chi connectivity index (χ4v) is 3.17. The number of nitrogens with one attached hydrogen (secondary N) is 1. The number of carbonyl (C=O) groups excluding carboxylic acids is 1. The van der Waals surface area contributed by atoms with Crippen LogP contribution < -0.4 is 21.9 Å². The van der Waals surface area contributed by atoms with Crippen molar-refractivity contribution in [1.29, 1.82) is 0 Å². The van der Waals surface area contributed by atoms with E-state index in [9.17, 15) is 14.4 Å². The number of nitrogen functional groups attached to an aromatic ring is 1. The monoisotopic (exact) mass is 406 g/mol. The van der Waals surface area contributed by atoms with Crippen LogP contribution in [0.4, 0.5) is 11.5 Å². The first kappa shape index (κ1) is 21.8. The number of benzene rings is 1. The van der Waals surface area contributed by atoms with Crippen molar-refractivity contribution in [3.8, 4) is 0 Å². The van der Waals surface area contributed by atoms with Crippen LogP contribution in [0, 0.1) is 11.8 Å². The molecule has 1 amide bonds. The quantitative estimate of drug-likeness (QED) is 0.737. The second kappa shape index (κ2) is 9.10. The van der Waals surface area contributed by atoms with Crippen molar-refractivity contribution < 1.29 is 4.79 Å². The van der Waals surface area contributed by atoms with Gasteiger partial charge in [0.15, 0.2) is 5.69 Å². The highest BCUT2D eigenvalue weighted by atomic mass is 35.5. The summed E-state index contributed by atoms with van der Waals surface area (Å²) in [4.78, 5) is 41.5. The number of aromatic nitrogens is 2. The van der Waals surface area contributed by atoms with Gasteiger partial charge in [-0.3, -0.25) is 19.1 Å². The lowest BCUT2D eigenvalue weighted by molar-refractivity contribution is -0.118. The molecule has 2 rings (SSSR count). The Morgan fingerprint density at radius 3 is 2.39 bits per heavy atom. The molecule has 0 aliphatic rings. The molecule has 152 valence electrons. The third kappa shape index (κ3) is 5.04. The Kier molecular flexibility index (Phi) is 7.07. The van der Waals surface area contributed by atoms with Crippen molar-refractivity contribution in [2.24, 2.45) is 11.8 Å². The van der Waals surface area contributed by atoms with Crippen LogP contribution in [0.3, 0.4) is 0 Å². The minimum Gasteiger partial charge on any atom is -0.383 e. The van der Waals surface area contributed by atoms with E-state index in [1.54, 1.807) is 24.3 Å². The molecule has 0 aliphatic heterocycles. The number of H-pyrrole nitrogens is 1. The Hall–Kier alpha value is -2.54. The number of anilines is 2. The van der Waals surface area contributed by atoms with Crippen LogP contribution in [0.25, 0.3) is 0 Å². The smallest absolute Gasteiger partial charge is 0.330 e. The standard InChI is InChI=1S/C20H27ClN4O3/c1-12(2)10-24(16(26)9-14-7-5-6-8-15(14)21)17-18(22)25(11-13(3)4)20(28)23-19(17)27/h5-8,12-13H,9-11,22H2,1-4H3,(H,23,27,28). The summed E-state index contributed by atoms with van der Waals surface area (Å²) in [5, 5.41) is 0.479. The highest BCUT2D eigenvalue weighted by Crippen LogP contribution is 2.22. The number of hydrogen-bond donors (Lipinski definition) is 2. The fraction of sp³-hybridized carbons (Fsp3) is 0.450. The maximum Gasteiger partial charge on any atom is 0.330 e. The topological polar surface area (TPSA) is 101 Å². The number of hydrogen-bond acceptors (Lipinski definition) is 4. The maximum absolute atomic E-state index is 13.1. The molecular weight excluding hydrogens is 380 g/mol. The number of rotatable bonds is 7. The van der Waals surface area contributed by atoms with Gasteiger partial charge in [0.25, 0.3) is 5.56 Å². The fourth-order valence-electron chi connectivity index (χ4n) is 2.97. The normalized spacial score (nSPS) is 11.2. The van der Waals surface area contributed by atoms with E-state index in [1.165, 1.54) is 9.47 Å². The molecule has 1 aromatic heterocycles. The zero-order valence-corrected chi connectivity index (χ0v) is 17.4. The van der Waals surface area contributed by atoms with Gasteiger partial charge in [0, 0.05) is 18.1 Å². The van der Waals surface area contributed by atoms with Crippen LogP contribution in [0.1, 0.15) is 33.3 Å². The highest BCUT2D eigenvalue weighted by molar-refractivity contribution is 6.31. The molecule has 0 radical (unpaired) electrons. The summed E-state index contributed by atoms with van der Waals surface area (Å²) >= 11 is 6.18. The van der Waals surface area contributed by atoms with Gasteiger partial charge < -0.3 is 10.6 Å². The Morgan fingerprint density at radius 1 is 1.18 bits per heavy atom. The lowest BCUT2D eigenvalue weighted by Crippen LogP contribution is -2.43. The van der Waals surface area contributed by atoms with Crippen LogP contribution in [0.2, 0.25) is 5.02 Å². The largest absolute Gasteiger partial charge is 0.383 e. The summed E-state index contributed by atoms with van der Waals surface area (Å²) in [6.45, 7) is 8.36. The second-order valence-electron chi connectivity index (χ2n) is 7.66. The molecule has 3 N–H and O–H groups in total. The van der Waals surface area contributed by atoms with Gasteiger partial charge in [-0.05, 0) is 23.5 Å². The molecule has 0 unspecified atom stereocenters. The first-order valence-corrected chi connectivity index (χ1v) is 9.66. The molecule has 1 heterocycles. The van der Waals surface area contributed by atoms with E-state index in [-0.39, 0.29) is 42.2 Å². The summed E-state index contributed by atoms with van der Waals surface area (Å²) in [5.41, 5.74) is 5.61. The van der Waals surface area contributed by atoms with Crippen LogP contribution in [-0.4, -0.2) is 22.0 Å². The van der Waals surface area contributed by atoms with Crippen molar-refractivity contribution in [3.63, 3.8) is 0 Å². The first-order chi connectivity index (χ1) is 13.1. The molecule has 8 heteroatoms. The van der Waals surface area contributed by atoms with E-state index in [1.807, 2.05) is 27.7 Å². The van der Waals surface area contributed by atoms with E-state index >= 15 is 0 Å². The molecule has 0 aliphatic carbocycles. The number of amides is 1. The molecule has 0 saturated heterocycles. The average molecular weight is 407 g/mol. The zero-order valence-electron chi connectivity index (χ0n) is 16.7. The molecule has 1 aromatic carbocycles. The van der Waals surface area contributed by atoms with E-state index in [0.717, 1.165) is 0 Å². The van der Waals surface area contributed by atoms with Crippen LogP contribution in [0.5, 0.6) is 0 Å². The lowest BCUT2D eigenvalue weighted by Gasteiger charge is -2.26. The van der Waals surface area contributed by atoms with Crippen molar-refractivity contribution in [2.45, 2.75) is 40.7 Å². The summed E-state index contributed by atoms with van der Waals surface area (Å²) in [6, 6.07) is 7.06. The zero-order chi connectivity index (χ0) is 21.0. The minimum absolute atomic E-state index is 0.00407. The molecule has 0 atom stereocenters. The maximum atomic E-state index is 13.1. The van der Waals surface area contributed by atoms with Gasteiger partial charge in [-0.25, -0.2) is 4.79 Å². The predicted molar refractivity (Wildman–Crippen MR) is 113 cm³/mol. The Morgan fingerprint density at radius 2 is 1.82 bits per heavy atom. The molecule has 0 fully saturated rings. The van der Waals surface area contributed by atoms with Crippen LogP contribution in [0.15, 0.2) is 33.9 Å². The van der Waals surface area contributed by atoms with Gasteiger partial charge in [-0.1, -0.05) is 57.5 Å². The van der Waals surface area contributed by atoms with Crippen LogP contribution in [-0.2, 0) is 17.8 Å². The van der Waals surface area contributed by atoms with Gasteiger partial charge in [-0.2, -0.15) is 0 Å². The summed E-state index contributed by atoms with van der Waals surface area (Å²) in [7, 11) is 0. The Balaban J connectivity index is 2.54. The van der Waals surface area contributed by atoms with Crippen molar-refractivity contribution in [3.05, 3.63) is 55.7 Å². The Bertz CT molecular complexity index is 963. The summed E-state index contributed by atoms with van der Waals surface area (Å²) in [6.07, 6.45) is 0.0224. The molecule has 0 spiro atoms. The average Bonchev–Trinajstić information content (AvgIpc) is 2.59. The van der Waals surface area contributed by atoms with Gasteiger partial charge >= 0.3 is 5.69 Å². The molecular formula is C20H27ClN4O3. The number of nitrogens with zero attached hydrogens (tertiary/aromatic N) is 2. The second-order valence-corrected chi connectivity index (χ2v) is 8.07. The number of aromatic amines is 1. The summed E-state index contributed by atoms with van der Waals surface area (Å²) < 4.78 is 1.30. The summed E-state index contributed by atoms with van der Waals surface area (Å²) in [5.74, 6) is -0.0973. The number of carbonyl (C=O) groups is 1. The van der Waals surface area contributed by atoms with Crippen molar-refractivity contribution >= 4 is 29.0 Å². The van der Waals surface area contributed by atoms with E-state index in [0.29, 0.717) is 17.1 Å². The highest BCUT2D eigenvalue weighted by Gasteiger charge is 2.25. The molecule has 28 heavy (non-hydrogen) atoms. The van der Waals surface area contributed by atoms with Gasteiger partial charge in [-0.15, -0.1) is 0 Å². The predicted octanol–water partition coefficient (Wildman–Crippen LogP) is 2.66. The van der Waals surface area contributed by atoms with E-state index < -0.39 is 11.2 Å². The molecule has 2 aromatic rings. The third-order valence-electron chi connectivity index (χ3n) is 4.18. The van der Waals surface area contributed by atoms with Gasteiger partial charge in [0.2, 0.25) is 5.91 Å². The third-order valence-corrected chi connectivity index (χ3v) is 4.55. The molecule has 7 nitrogen and oxygen atoms in total. The van der Waals surface area contributed by atoms with E-state index in [4.69, 9.17) is 17.3 Å². The molecule has 0 saturated carbocycles. The van der Waals surface area contributed by atoms with Crippen LogP contribution >= 0.6 is 11.6 Å². The lowest BCUT2D eigenvalue weighted by atomic mass is 10.1. The van der Waals surface area contributed by atoms with Gasteiger partial charge in [0.05, 0.1) is 6.42 Å². The minimum atomic E-state index is -0.671. The van der Waals surface area contributed by atoms with Crippen molar-refractivity contribution in [2.75, 3.05) is 17.2 Å². The SMILES string of the molecule is CC(C)CN(C(=O)Cc1ccccc1Cl)c1c(N)n(CC(C)C)c(=O)[nH]c1=O.